The highest BCUT2D eigenvalue weighted by molar-refractivity contribution is 6.37. The lowest BCUT2D eigenvalue weighted by atomic mass is 10.1. The van der Waals surface area contributed by atoms with E-state index in [0.717, 1.165) is 5.56 Å². The summed E-state index contributed by atoms with van der Waals surface area (Å²) in [6.07, 6.45) is 1.05. The van der Waals surface area contributed by atoms with Crippen molar-refractivity contribution >= 4 is 29.1 Å². The molecule has 0 amide bonds. The lowest BCUT2D eigenvalue weighted by molar-refractivity contribution is -0.148. The maximum Gasteiger partial charge on any atom is 0.372 e. The third-order valence-electron chi connectivity index (χ3n) is 2.92. The van der Waals surface area contributed by atoms with Crippen LogP contribution in [0.3, 0.4) is 0 Å². The number of rotatable bonds is 6. The average molecular weight is 306 g/mol. The molecule has 5 nitrogen and oxygen atoms in total. The summed E-state index contributed by atoms with van der Waals surface area (Å²) in [5, 5.41) is 9.13. The monoisotopic (exact) mass is 305 g/mol. The van der Waals surface area contributed by atoms with Crippen LogP contribution in [0.5, 0.6) is 0 Å². The first-order valence-electron chi connectivity index (χ1n) is 6.16. The van der Waals surface area contributed by atoms with Gasteiger partial charge in [0.05, 0.1) is 12.1 Å². The van der Waals surface area contributed by atoms with Gasteiger partial charge in [-0.2, -0.15) is 0 Å². The minimum absolute atomic E-state index is 0.296. The molecule has 1 aromatic heterocycles. The van der Waals surface area contributed by atoms with Crippen LogP contribution in [0.2, 0.25) is 5.02 Å². The summed E-state index contributed by atoms with van der Waals surface area (Å²) in [5.74, 6) is -3.23. The van der Waals surface area contributed by atoms with Crippen molar-refractivity contribution in [3.8, 4) is 0 Å². The average Bonchev–Trinajstić information content (AvgIpc) is 2.86. The minimum Gasteiger partial charge on any atom is -0.475 e. The first kappa shape index (κ1) is 15.0. The van der Waals surface area contributed by atoms with Crippen molar-refractivity contribution in [3.63, 3.8) is 0 Å². The summed E-state index contributed by atoms with van der Waals surface area (Å²) < 4.78 is 1.66. The molecule has 1 aromatic carbocycles. The van der Waals surface area contributed by atoms with Crippen molar-refractivity contribution in [1.82, 2.24) is 4.57 Å². The molecule has 0 fully saturated rings. The van der Waals surface area contributed by atoms with Crippen LogP contribution in [0, 0.1) is 0 Å². The second kappa shape index (κ2) is 6.37. The quantitative estimate of drug-likeness (QED) is 0.505. The summed E-state index contributed by atoms with van der Waals surface area (Å²) in [6, 6.07) is 10.4. The van der Waals surface area contributed by atoms with Crippen molar-refractivity contribution in [2.75, 3.05) is 0 Å². The molecular formula is C15H12ClNO4. The fourth-order valence-electron chi connectivity index (χ4n) is 1.95. The number of aliphatic carboxylic acids is 1. The summed E-state index contributed by atoms with van der Waals surface area (Å²) in [6.45, 7) is 0.413. The van der Waals surface area contributed by atoms with E-state index in [2.05, 4.69) is 0 Å². The molecule has 0 aliphatic carbocycles. The summed E-state index contributed by atoms with van der Waals surface area (Å²) in [7, 11) is 0. The number of carboxylic acid groups (broad SMARTS) is 1. The third kappa shape index (κ3) is 3.79. The van der Waals surface area contributed by atoms with Gasteiger partial charge in [-0.25, -0.2) is 4.79 Å². The number of carbonyl (C=O) groups excluding carboxylic acids is 2. The van der Waals surface area contributed by atoms with Crippen molar-refractivity contribution in [2.45, 2.75) is 13.0 Å². The molecule has 0 atom stereocenters. The molecule has 0 saturated heterocycles. The summed E-state index contributed by atoms with van der Waals surface area (Å²) >= 11 is 5.90. The molecule has 0 radical (unpaired) electrons. The van der Waals surface area contributed by atoms with Crippen molar-refractivity contribution in [3.05, 3.63) is 58.9 Å². The van der Waals surface area contributed by atoms with E-state index in [9.17, 15) is 14.4 Å². The minimum atomic E-state index is -1.60. The van der Waals surface area contributed by atoms with Crippen LogP contribution in [0.25, 0.3) is 0 Å². The van der Waals surface area contributed by atoms with Gasteiger partial charge >= 0.3 is 5.97 Å². The first-order valence-corrected chi connectivity index (χ1v) is 6.54. The van der Waals surface area contributed by atoms with E-state index in [1.807, 2.05) is 6.07 Å². The fourth-order valence-corrected chi connectivity index (χ4v) is 2.16. The number of Topliss-reactive ketones (excluding diaryl/α,β-unsaturated/α-hetero) is 2. The molecule has 0 saturated carbocycles. The predicted octanol–water partition coefficient (Wildman–Crippen LogP) is 2.42. The van der Waals surface area contributed by atoms with Crippen LogP contribution in [0.1, 0.15) is 22.5 Å². The largest absolute Gasteiger partial charge is 0.475 e. The van der Waals surface area contributed by atoms with Gasteiger partial charge in [-0.3, -0.25) is 9.59 Å². The van der Waals surface area contributed by atoms with Gasteiger partial charge < -0.3 is 9.67 Å². The van der Waals surface area contributed by atoms with Gasteiger partial charge in [0.15, 0.2) is 5.78 Å². The highest BCUT2D eigenvalue weighted by atomic mass is 35.5. The fraction of sp³-hybridized carbons (Fsp3) is 0.133. The second-order valence-corrected chi connectivity index (χ2v) is 4.92. The number of hydrogen-bond donors (Lipinski definition) is 1. The zero-order valence-corrected chi connectivity index (χ0v) is 11.7. The number of benzene rings is 1. The zero-order valence-electron chi connectivity index (χ0n) is 11.0. The van der Waals surface area contributed by atoms with Gasteiger partial charge in [0.25, 0.3) is 0 Å². The lowest BCUT2D eigenvalue weighted by Gasteiger charge is -2.08. The van der Waals surface area contributed by atoms with Gasteiger partial charge in [0.2, 0.25) is 5.78 Å². The molecule has 0 aliphatic heterocycles. The molecular weight excluding hydrogens is 294 g/mol. The molecule has 2 rings (SSSR count). The Labute approximate surface area is 125 Å². The smallest absolute Gasteiger partial charge is 0.372 e. The Bertz CT molecular complexity index is 705. The Morgan fingerprint density at radius 3 is 2.57 bits per heavy atom. The molecule has 108 valence electrons. The number of hydrogen-bond acceptors (Lipinski definition) is 3. The Morgan fingerprint density at radius 1 is 1.14 bits per heavy atom. The van der Waals surface area contributed by atoms with Crippen LogP contribution in [0.15, 0.2) is 42.6 Å². The predicted molar refractivity (Wildman–Crippen MR) is 76.6 cm³/mol. The number of carbonyl (C=O) groups is 3. The molecule has 1 N–H and O–H groups in total. The normalized spacial score (nSPS) is 10.3. The van der Waals surface area contributed by atoms with Crippen LogP contribution >= 0.6 is 11.6 Å². The maximum atomic E-state index is 12.0. The van der Waals surface area contributed by atoms with Crippen LogP contribution < -0.4 is 0 Å². The Morgan fingerprint density at radius 2 is 1.90 bits per heavy atom. The van der Waals surface area contributed by atoms with Crippen LogP contribution in [-0.2, 0) is 16.1 Å². The second-order valence-electron chi connectivity index (χ2n) is 4.48. The standard InChI is InChI=1S/C15H12ClNO4/c16-11-4-1-3-10(7-11)9-17-6-2-5-12(17)13(18)8-14(19)15(20)21/h1-7H,8-9H2,(H,20,21). The zero-order chi connectivity index (χ0) is 15.4. The molecule has 0 bridgehead atoms. The summed E-state index contributed by atoms with van der Waals surface area (Å²) in [4.78, 5) is 33.6. The van der Waals surface area contributed by atoms with Gasteiger partial charge in [0, 0.05) is 17.8 Å². The lowest BCUT2D eigenvalue weighted by Crippen LogP contribution is -2.19. The molecule has 1 heterocycles. The SMILES string of the molecule is O=C(O)C(=O)CC(=O)c1cccn1Cc1cccc(Cl)c1. The molecule has 21 heavy (non-hydrogen) atoms. The van der Waals surface area contributed by atoms with Gasteiger partial charge in [0.1, 0.15) is 0 Å². The Hall–Kier alpha value is -2.40. The summed E-state index contributed by atoms with van der Waals surface area (Å²) in [5.41, 5.74) is 1.20. The van der Waals surface area contributed by atoms with Gasteiger partial charge in [-0.1, -0.05) is 23.7 Å². The van der Waals surface area contributed by atoms with Gasteiger partial charge in [-0.15, -0.1) is 0 Å². The van der Waals surface area contributed by atoms with E-state index in [4.69, 9.17) is 16.7 Å². The van der Waals surface area contributed by atoms with Crippen molar-refractivity contribution in [2.24, 2.45) is 0 Å². The molecule has 0 aliphatic rings. The highest BCUT2D eigenvalue weighted by Crippen LogP contribution is 2.14. The number of carboxylic acids is 1. The number of aromatic nitrogens is 1. The van der Waals surface area contributed by atoms with E-state index in [0.29, 0.717) is 17.3 Å². The number of nitrogens with zero attached hydrogens (tertiary/aromatic N) is 1. The van der Waals surface area contributed by atoms with Crippen molar-refractivity contribution < 1.29 is 19.5 Å². The van der Waals surface area contributed by atoms with Gasteiger partial charge in [-0.05, 0) is 29.8 Å². The molecule has 0 unspecified atom stereocenters. The van der Waals surface area contributed by atoms with E-state index in [1.165, 1.54) is 0 Å². The van der Waals surface area contributed by atoms with E-state index in [1.54, 1.807) is 41.1 Å². The molecule has 0 spiro atoms. The van der Waals surface area contributed by atoms with Crippen molar-refractivity contribution in [1.29, 1.82) is 0 Å². The molecule has 6 heteroatoms. The van der Waals surface area contributed by atoms with Crippen LogP contribution in [0.4, 0.5) is 0 Å². The first-order chi connectivity index (χ1) is 9.97. The Kier molecular flexibility index (Phi) is 4.55. The Balaban J connectivity index is 2.17. The third-order valence-corrected chi connectivity index (χ3v) is 3.15. The number of ketones is 2. The topological polar surface area (TPSA) is 76.4 Å². The van der Waals surface area contributed by atoms with E-state index in [-0.39, 0.29) is 0 Å². The highest BCUT2D eigenvalue weighted by Gasteiger charge is 2.19. The van der Waals surface area contributed by atoms with Crippen LogP contribution in [-0.4, -0.2) is 27.2 Å². The van der Waals surface area contributed by atoms with E-state index >= 15 is 0 Å². The number of halogens is 1. The maximum absolute atomic E-state index is 12.0. The van der Waals surface area contributed by atoms with E-state index < -0.39 is 24.0 Å². The molecule has 2 aromatic rings.